The zero-order chi connectivity index (χ0) is 17.9. The molecule has 0 unspecified atom stereocenters. The van der Waals surface area contributed by atoms with E-state index in [9.17, 15) is 4.79 Å². The maximum Gasteiger partial charge on any atom is 0.253 e. The molecule has 3 aromatic heterocycles. The van der Waals surface area contributed by atoms with Crippen molar-refractivity contribution in [1.29, 1.82) is 0 Å². The van der Waals surface area contributed by atoms with Crippen LogP contribution in [0.2, 0.25) is 5.02 Å². The van der Waals surface area contributed by atoms with Gasteiger partial charge in [-0.05, 0) is 42.0 Å². The highest BCUT2D eigenvalue weighted by Gasteiger charge is 2.12. The number of carbonyl (C=O) groups is 1. The second-order valence-electron chi connectivity index (χ2n) is 5.83. The van der Waals surface area contributed by atoms with Gasteiger partial charge in [0.15, 0.2) is 5.65 Å². The van der Waals surface area contributed by atoms with Gasteiger partial charge < -0.3 is 9.73 Å². The molecule has 0 aliphatic heterocycles. The minimum atomic E-state index is -0.176. The van der Waals surface area contributed by atoms with E-state index in [4.69, 9.17) is 16.0 Å². The zero-order valence-corrected chi connectivity index (χ0v) is 14.5. The summed E-state index contributed by atoms with van der Waals surface area (Å²) in [6, 6.07) is 14.6. The Morgan fingerprint density at radius 3 is 2.88 bits per heavy atom. The summed E-state index contributed by atoms with van der Waals surface area (Å²) in [6.07, 6.45) is 3.86. The number of halogens is 1. The Hall–Kier alpha value is -3.12. The largest absolute Gasteiger partial charge is 0.469 e. The van der Waals surface area contributed by atoms with Crippen LogP contribution in [0.25, 0.3) is 5.65 Å². The predicted molar refractivity (Wildman–Crippen MR) is 97.1 cm³/mol. The van der Waals surface area contributed by atoms with Gasteiger partial charge in [0.2, 0.25) is 0 Å². The number of furan rings is 1. The highest BCUT2D eigenvalue weighted by atomic mass is 35.5. The Labute approximate surface area is 154 Å². The fourth-order valence-electron chi connectivity index (χ4n) is 2.69. The Balaban J connectivity index is 1.53. The lowest BCUT2D eigenvalue weighted by Gasteiger charge is -2.07. The summed E-state index contributed by atoms with van der Waals surface area (Å²) >= 11 is 5.97. The summed E-state index contributed by atoms with van der Waals surface area (Å²) in [5, 5.41) is 11.8. The summed E-state index contributed by atoms with van der Waals surface area (Å²) in [4.78, 5) is 12.5. The van der Waals surface area contributed by atoms with E-state index in [2.05, 4.69) is 15.5 Å². The molecule has 0 bridgehead atoms. The Kier molecular flexibility index (Phi) is 4.41. The average Bonchev–Trinajstić information content (AvgIpc) is 3.30. The fourth-order valence-corrected chi connectivity index (χ4v) is 2.91. The smallest absolute Gasteiger partial charge is 0.253 e. The van der Waals surface area contributed by atoms with Crippen molar-refractivity contribution < 1.29 is 9.21 Å². The van der Waals surface area contributed by atoms with Crippen LogP contribution in [-0.4, -0.2) is 20.5 Å². The molecular formula is C19H15ClN4O2. The molecule has 0 saturated heterocycles. The molecule has 0 saturated carbocycles. The van der Waals surface area contributed by atoms with E-state index >= 15 is 0 Å². The molecule has 130 valence electrons. The quantitative estimate of drug-likeness (QED) is 0.586. The van der Waals surface area contributed by atoms with Gasteiger partial charge in [-0.25, -0.2) is 0 Å². The Morgan fingerprint density at radius 1 is 1.15 bits per heavy atom. The number of hydrogen-bond acceptors (Lipinski definition) is 4. The highest BCUT2D eigenvalue weighted by Crippen LogP contribution is 2.13. The highest BCUT2D eigenvalue weighted by molar-refractivity contribution is 6.30. The molecule has 1 aromatic carbocycles. The Morgan fingerprint density at radius 2 is 2.08 bits per heavy atom. The zero-order valence-electron chi connectivity index (χ0n) is 13.7. The van der Waals surface area contributed by atoms with Crippen LogP contribution in [0.5, 0.6) is 0 Å². The third kappa shape index (κ3) is 3.45. The molecule has 0 atom stereocenters. The number of amides is 1. The predicted octanol–water partition coefficient (Wildman–Crippen LogP) is 3.50. The van der Waals surface area contributed by atoms with Crippen LogP contribution in [0.15, 0.2) is 65.4 Å². The van der Waals surface area contributed by atoms with Crippen molar-refractivity contribution >= 4 is 23.2 Å². The van der Waals surface area contributed by atoms with Crippen molar-refractivity contribution in [2.75, 3.05) is 0 Å². The first-order chi connectivity index (χ1) is 12.7. The van der Waals surface area contributed by atoms with Crippen LogP contribution in [0.1, 0.15) is 27.5 Å². The van der Waals surface area contributed by atoms with Crippen molar-refractivity contribution in [1.82, 2.24) is 19.9 Å². The second kappa shape index (κ2) is 7.01. The lowest BCUT2D eigenvalue weighted by molar-refractivity contribution is 0.0950. The molecule has 0 aliphatic carbocycles. The number of aromatic nitrogens is 3. The normalized spacial score (nSPS) is 11.0. The van der Waals surface area contributed by atoms with E-state index in [1.165, 1.54) is 0 Å². The van der Waals surface area contributed by atoms with Crippen molar-refractivity contribution in [3.05, 3.63) is 88.7 Å². The molecule has 3 heterocycles. The molecular weight excluding hydrogens is 352 g/mol. The van der Waals surface area contributed by atoms with Crippen molar-refractivity contribution in [3.63, 3.8) is 0 Å². The molecule has 1 N–H and O–H groups in total. The number of hydrogen-bond donors (Lipinski definition) is 1. The maximum atomic E-state index is 12.5. The van der Waals surface area contributed by atoms with Gasteiger partial charge >= 0.3 is 0 Å². The third-order valence-electron chi connectivity index (χ3n) is 3.99. The standard InChI is InChI=1S/C19H15ClN4O2/c20-15-4-1-3-13(9-15)11-21-19(25)14-6-7-17-22-23-18(24(17)12-14)10-16-5-2-8-26-16/h1-9,12H,10-11H2,(H,21,25). The topological polar surface area (TPSA) is 72.4 Å². The number of rotatable bonds is 5. The molecule has 0 spiro atoms. The molecule has 1 amide bonds. The van der Waals surface area contributed by atoms with Crippen LogP contribution < -0.4 is 5.32 Å². The summed E-state index contributed by atoms with van der Waals surface area (Å²) in [7, 11) is 0. The van der Waals surface area contributed by atoms with Gasteiger partial charge in [0.25, 0.3) is 5.91 Å². The fraction of sp³-hybridized carbons (Fsp3) is 0.105. The Bertz CT molecular complexity index is 1060. The lowest BCUT2D eigenvalue weighted by Crippen LogP contribution is -2.23. The first-order valence-corrected chi connectivity index (χ1v) is 8.45. The van der Waals surface area contributed by atoms with Crippen LogP contribution in [-0.2, 0) is 13.0 Å². The summed E-state index contributed by atoms with van der Waals surface area (Å²) in [5.74, 6) is 1.32. The molecule has 0 aliphatic rings. The number of nitrogens with one attached hydrogen (secondary N) is 1. The van der Waals surface area contributed by atoms with Crippen LogP contribution in [0.3, 0.4) is 0 Å². The van der Waals surface area contributed by atoms with E-state index in [0.717, 1.165) is 11.3 Å². The third-order valence-corrected chi connectivity index (χ3v) is 4.22. The lowest BCUT2D eigenvalue weighted by atomic mass is 10.2. The number of carbonyl (C=O) groups excluding carboxylic acids is 1. The molecule has 26 heavy (non-hydrogen) atoms. The van der Waals surface area contributed by atoms with E-state index < -0.39 is 0 Å². The van der Waals surface area contributed by atoms with E-state index in [1.807, 2.05) is 30.3 Å². The van der Waals surface area contributed by atoms with Crippen LogP contribution >= 0.6 is 11.6 Å². The summed E-state index contributed by atoms with van der Waals surface area (Å²) in [6.45, 7) is 0.402. The van der Waals surface area contributed by atoms with Gasteiger partial charge in [-0.1, -0.05) is 23.7 Å². The minimum absolute atomic E-state index is 0.176. The van der Waals surface area contributed by atoms with E-state index in [1.54, 1.807) is 35.1 Å². The van der Waals surface area contributed by atoms with E-state index in [0.29, 0.717) is 35.0 Å². The van der Waals surface area contributed by atoms with Crippen molar-refractivity contribution in [2.24, 2.45) is 0 Å². The van der Waals surface area contributed by atoms with Gasteiger partial charge in [0.1, 0.15) is 11.6 Å². The number of pyridine rings is 1. The number of benzene rings is 1. The van der Waals surface area contributed by atoms with Crippen LogP contribution in [0, 0.1) is 0 Å². The molecule has 0 radical (unpaired) electrons. The van der Waals surface area contributed by atoms with Gasteiger partial charge in [-0.2, -0.15) is 0 Å². The summed E-state index contributed by atoms with van der Waals surface area (Å²) < 4.78 is 7.16. The molecule has 4 rings (SSSR count). The minimum Gasteiger partial charge on any atom is -0.469 e. The maximum absolute atomic E-state index is 12.5. The van der Waals surface area contributed by atoms with Gasteiger partial charge in [0, 0.05) is 17.8 Å². The molecule has 7 heteroatoms. The van der Waals surface area contributed by atoms with Crippen molar-refractivity contribution in [2.45, 2.75) is 13.0 Å². The monoisotopic (exact) mass is 366 g/mol. The van der Waals surface area contributed by atoms with Crippen LogP contribution in [0.4, 0.5) is 0 Å². The molecule has 6 nitrogen and oxygen atoms in total. The van der Waals surface area contributed by atoms with Gasteiger partial charge in [-0.3, -0.25) is 9.20 Å². The number of nitrogens with zero attached hydrogens (tertiary/aromatic N) is 3. The van der Waals surface area contributed by atoms with Gasteiger partial charge in [0.05, 0.1) is 18.2 Å². The second-order valence-corrected chi connectivity index (χ2v) is 6.27. The number of fused-ring (bicyclic) bond motifs is 1. The average molecular weight is 367 g/mol. The molecule has 4 aromatic rings. The van der Waals surface area contributed by atoms with Gasteiger partial charge in [-0.15, -0.1) is 10.2 Å². The SMILES string of the molecule is O=C(NCc1cccc(Cl)c1)c1ccc2nnc(Cc3ccco3)n2c1. The summed E-state index contributed by atoms with van der Waals surface area (Å²) in [5.41, 5.74) is 2.15. The first kappa shape index (κ1) is 16.4. The van der Waals surface area contributed by atoms with E-state index in [-0.39, 0.29) is 5.91 Å². The molecule has 0 fully saturated rings. The first-order valence-electron chi connectivity index (χ1n) is 8.08. The van der Waals surface area contributed by atoms with Crippen molar-refractivity contribution in [3.8, 4) is 0 Å².